The number of benzene rings is 1. The Kier molecular flexibility index (Phi) is 5.17. The highest BCUT2D eigenvalue weighted by Gasteiger charge is 2.41. The lowest BCUT2D eigenvalue weighted by atomic mass is 10.2. The normalized spacial score (nSPS) is 23.2. The van der Waals surface area contributed by atoms with Gasteiger partial charge in [-0.05, 0) is 18.2 Å². The summed E-state index contributed by atoms with van der Waals surface area (Å²) in [6.07, 6.45) is 0. The van der Waals surface area contributed by atoms with Crippen molar-refractivity contribution in [1.82, 2.24) is 9.21 Å². The van der Waals surface area contributed by atoms with Gasteiger partial charge in [0.1, 0.15) is 6.04 Å². The SMILES string of the molecule is O=C([C@H]1CSCN1S(=O)(=O)c1cccc(Cl)c1)N1CCOCC1. The molecule has 1 amide bonds. The van der Waals surface area contributed by atoms with E-state index in [1.165, 1.54) is 28.2 Å². The van der Waals surface area contributed by atoms with Crippen molar-refractivity contribution in [1.29, 1.82) is 0 Å². The van der Waals surface area contributed by atoms with E-state index in [0.29, 0.717) is 37.1 Å². The molecule has 0 N–H and O–H groups in total. The molecular weight excluding hydrogens is 360 g/mol. The minimum Gasteiger partial charge on any atom is -0.378 e. The van der Waals surface area contributed by atoms with Crippen LogP contribution in [-0.4, -0.2) is 67.5 Å². The second-order valence-electron chi connectivity index (χ2n) is 5.30. The molecular formula is C14H17ClN2O4S2. The van der Waals surface area contributed by atoms with Crippen LogP contribution < -0.4 is 0 Å². The number of halogens is 1. The molecule has 0 spiro atoms. The lowest BCUT2D eigenvalue weighted by Crippen LogP contribution is -2.51. The molecule has 0 aliphatic carbocycles. The van der Waals surface area contributed by atoms with Gasteiger partial charge in [-0.2, -0.15) is 4.31 Å². The summed E-state index contributed by atoms with van der Waals surface area (Å²) in [5, 5.41) is 0.356. The largest absolute Gasteiger partial charge is 0.378 e. The third-order valence-corrected chi connectivity index (χ3v) is 7.11. The van der Waals surface area contributed by atoms with E-state index in [9.17, 15) is 13.2 Å². The highest BCUT2D eigenvalue weighted by molar-refractivity contribution is 8.00. The van der Waals surface area contributed by atoms with Crippen LogP contribution in [0.5, 0.6) is 0 Å². The van der Waals surface area contributed by atoms with Crippen molar-refractivity contribution in [3.05, 3.63) is 29.3 Å². The van der Waals surface area contributed by atoms with Gasteiger partial charge >= 0.3 is 0 Å². The molecule has 2 aliphatic heterocycles. The third kappa shape index (κ3) is 3.51. The fourth-order valence-corrected chi connectivity index (χ4v) is 6.05. The number of ether oxygens (including phenoxy) is 1. The Labute approximate surface area is 144 Å². The molecule has 126 valence electrons. The summed E-state index contributed by atoms with van der Waals surface area (Å²) in [6.45, 7) is 2.00. The van der Waals surface area contributed by atoms with E-state index in [1.54, 1.807) is 17.0 Å². The molecule has 0 radical (unpaired) electrons. The van der Waals surface area contributed by atoms with Crippen molar-refractivity contribution in [3.8, 4) is 0 Å². The zero-order valence-electron chi connectivity index (χ0n) is 12.4. The Morgan fingerprint density at radius 3 is 2.74 bits per heavy atom. The van der Waals surface area contributed by atoms with Crippen LogP contribution >= 0.6 is 23.4 Å². The minimum atomic E-state index is -3.74. The molecule has 0 saturated carbocycles. The summed E-state index contributed by atoms with van der Waals surface area (Å²) in [7, 11) is -3.74. The van der Waals surface area contributed by atoms with E-state index in [2.05, 4.69) is 0 Å². The summed E-state index contributed by atoms with van der Waals surface area (Å²) in [4.78, 5) is 14.5. The van der Waals surface area contributed by atoms with E-state index < -0.39 is 16.1 Å². The molecule has 2 fully saturated rings. The number of morpholine rings is 1. The number of hydrogen-bond acceptors (Lipinski definition) is 5. The predicted molar refractivity (Wildman–Crippen MR) is 89.0 cm³/mol. The van der Waals surface area contributed by atoms with Gasteiger partial charge in [-0.25, -0.2) is 8.42 Å². The number of hydrogen-bond donors (Lipinski definition) is 0. The fourth-order valence-electron chi connectivity index (χ4n) is 2.62. The Bertz CT molecular complexity index is 692. The number of rotatable bonds is 3. The minimum absolute atomic E-state index is 0.118. The number of thioether (sulfide) groups is 1. The van der Waals surface area contributed by atoms with Crippen molar-refractivity contribution in [3.63, 3.8) is 0 Å². The number of amides is 1. The Morgan fingerprint density at radius 1 is 1.30 bits per heavy atom. The zero-order valence-corrected chi connectivity index (χ0v) is 14.7. The van der Waals surface area contributed by atoms with Gasteiger partial charge in [0.15, 0.2) is 0 Å². The van der Waals surface area contributed by atoms with E-state index in [1.807, 2.05) is 0 Å². The van der Waals surface area contributed by atoms with Crippen molar-refractivity contribution >= 4 is 39.3 Å². The molecule has 0 aromatic heterocycles. The summed E-state index contributed by atoms with van der Waals surface area (Å²) in [5.41, 5.74) is 0. The maximum Gasteiger partial charge on any atom is 0.244 e. The Balaban J connectivity index is 1.84. The van der Waals surface area contributed by atoms with Crippen molar-refractivity contribution in [2.24, 2.45) is 0 Å². The maximum atomic E-state index is 12.8. The third-order valence-electron chi connectivity index (χ3n) is 3.85. The van der Waals surface area contributed by atoms with Crippen LogP contribution in [0.1, 0.15) is 0 Å². The maximum absolute atomic E-state index is 12.8. The second-order valence-corrected chi connectivity index (χ2v) is 8.63. The average molecular weight is 377 g/mol. The molecule has 3 rings (SSSR count). The number of carbonyl (C=O) groups excluding carboxylic acids is 1. The van der Waals surface area contributed by atoms with Crippen molar-refractivity contribution in [2.75, 3.05) is 37.9 Å². The molecule has 23 heavy (non-hydrogen) atoms. The van der Waals surface area contributed by atoms with Crippen molar-refractivity contribution < 1.29 is 17.9 Å². The standard InChI is InChI=1S/C14H17ClN2O4S2/c15-11-2-1-3-12(8-11)23(19,20)17-10-22-9-13(17)14(18)16-4-6-21-7-5-16/h1-3,8,13H,4-7,9-10H2/t13-/m1/s1. The van der Waals surface area contributed by atoms with Crippen molar-refractivity contribution in [2.45, 2.75) is 10.9 Å². The van der Waals surface area contributed by atoms with Crippen LogP contribution in [0.25, 0.3) is 0 Å². The predicted octanol–water partition coefficient (Wildman–Crippen LogP) is 1.26. The lowest BCUT2D eigenvalue weighted by molar-refractivity contribution is -0.138. The smallest absolute Gasteiger partial charge is 0.244 e. The van der Waals surface area contributed by atoms with E-state index in [4.69, 9.17) is 16.3 Å². The highest BCUT2D eigenvalue weighted by atomic mass is 35.5. The van der Waals surface area contributed by atoms with Crippen LogP contribution in [-0.2, 0) is 19.6 Å². The first-order valence-electron chi connectivity index (χ1n) is 7.22. The Morgan fingerprint density at radius 2 is 2.04 bits per heavy atom. The van der Waals surface area contributed by atoms with Gasteiger partial charge in [-0.1, -0.05) is 17.7 Å². The summed E-state index contributed by atoms with van der Waals surface area (Å²) < 4.78 is 32.2. The first-order chi connectivity index (χ1) is 11.0. The van der Waals surface area contributed by atoms with Crippen LogP contribution in [0.2, 0.25) is 5.02 Å². The molecule has 0 bridgehead atoms. The van der Waals surface area contributed by atoms with Gasteiger partial charge in [0.2, 0.25) is 15.9 Å². The monoisotopic (exact) mass is 376 g/mol. The van der Waals surface area contributed by atoms with Gasteiger partial charge in [-0.3, -0.25) is 4.79 Å². The Hall–Kier alpha value is -0.800. The topological polar surface area (TPSA) is 66.9 Å². The molecule has 1 aromatic rings. The van der Waals surface area contributed by atoms with Crippen LogP contribution in [0.3, 0.4) is 0 Å². The molecule has 2 aliphatic rings. The summed E-state index contributed by atoms with van der Waals surface area (Å²) in [6, 6.07) is 5.46. The van der Waals surface area contributed by atoms with Gasteiger partial charge in [0.25, 0.3) is 0 Å². The fraction of sp³-hybridized carbons (Fsp3) is 0.500. The molecule has 9 heteroatoms. The van der Waals surface area contributed by atoms with E-state index >= 15 is 0 Å². The average Bonchev–Trinajstić information content (AvgIpc) is 3.05. The first kappa shape index (κ1) is 17.0. The highest BCUT2D eigenvalue weighted by Crippen LogP contribution is 2.30. The first-order valence-corrected chi connectivity index (χ1v) is 10.2. The van der Waals surface area contributed by atoms with E-state index in [0.717, 1.165) is 0 Å². The molecule has 0 unspecified atom stereocenters. The molecule has 1 aromatic carbocycles. The summed E-state index contributed by atoms with van der Waals surface area (Å²) >= 11 is 7.34. The van der Waals surface area contributed by atoms with Gasteiger partial charge < -0.3 is 9.64 Å². The quantitative estimate of drug-likeness (QED) is 0.794. The zero-order chi connectivity index (χ0) is 16.4. The molecule has 2 heterocycles. The summed E-state index contributed by atoms with van der Waals surface area (Å²) in [5.74, 6) is 0.592. The van der Waals surface area contributed by atoms with Crippen LogP contribution in [0.4, 0.5) is 0 Å². The molecule has 1 atom stereocenters. The number of carbonyl (C=O) groups is 1. The van der Waals surface area contributed by atoms with E-state index in [-0.39, 0.29) is 16.7 Å². The van der Waals surface area contributed by atoms with Gasteiger partial charge in [0, 0.05) is 23.9 Å². The lowest BCUT2D eigenvalue weighted by Gasteiger charge is -2.31. The number of nitrogens with zero attached hydrogens (tertiary/aromatic N) is 2. The van der Waals surface area contributed by atoms with Crippen LogP contribution in [0, 0.1) is 0 Å². The number of sulfonamides is 1. The molecule has 2 saturated heterocycles. The molecule has 6 nitrogen and oxygen atoms in total. The van der Waals surface area contributed by atoms with Gasteiger partial charge in [-0.15, -0.1) is 11.8 Å². The van der Waals surface area contributed by atoms with Crippen LogP contribution in [0.15, 0.2) is 29.2 Å². The second kappa shape index (κ2) is 6.98. The van der Waals surface area contributed by atoms with Gasteiger partial charge in [0.05, 0.1) is 24.0 Å².